The molecular formula is C9H9N3O3. The lowest BCUT2D eigenvalue weighted by Crippen LogP contribution is -2.05. The van der Waals surface area contributed by atoms with Crippen molar-refractivity contribution >= 4 is 11.5 Å². The topological polar surface area (TPSA) is 77.3 Å². The molecule has 0 amide bonds. The van der Waals surface area contributed by atoms with Gasteiger partial charge >= 0.3 is 5.69 Å². The molecule has 0 aromatic carbocycles. The Kier molecular flexibility index (Phi) is 3.46. The van der Waals surface area contributed by atoms with Crippen LogP contribution in [-0.2, 0) is 0 Å². The van der Waals surface area contributed by atoms with Gasteiger partial charge in [0.2, 0.25) is 11.7 Å². The summed E-state index contributed by atoms with van der Waals surface area (Å²) in [7, 11) is 1.43. The molecule has 0 aliphatic heterocycles. The average molecular weight is 207 g/mol. The molecular weight excluding hydrogens is 198 g/mol. The van der Waals surface area contributed by atoms with E-state index in [4.69, 9.17) is 11.2 Å². The van der Waals surface area contributed by atoms with Crippen molar-refractivity contribution < 1.29 is 9.66 Å². The number of anilines is 1. The van der Waals surface area contributed by atoms with Crippen molar-refractivity contribution in [3.63, 3.8) is 0 Å². The van der Waals surface area contributed by atoms with E-state index in [9.17, 15) is 10.1 Å². The van der Waals surface area contributed by atoms with Crippen LogP contribution in [0, 0.1) is 22.5 Å². The molecule has 0 unspecified atom stereocenters. The molecule has 1 aromatic rings. The van der Waals surface area contributed by atoms with Crippen molar-refractivity contribution in [1.82, 2.24) is 4.98 Å². The second kappa shape index (κ2) is 4.81. The lowest BCUT2D eigenvalue weighted by molar-refractivity contribution is -0.384. The van der Waals surface area contributed by atoms with Crippen LogP contribution in [0.25, 0.3) is 0 Å². The van der Waals surface area contributed by atoms with Gasteiger partial charge in [-0.3, -0.25) is 10.1 Å². The second-order valence-corrected chi connectivity index (χ2v) is 2.54. The summed E-state index contributed by atoms with van der Waals surface area (Å²) in [4.78, 5) is 14.0. The second-order valence-electron chi connectivity index (χ2n) is 2.54. The van der Waals surface area contributed by atoms with Crippen LogP contribution < -0.4 is 10.1 Å². The highest BCUT2D eigenvalue weighted by Crippen LogP contribution is 2.24. The zero-order valence-corrected chi connectivity index (χ0v) is 8.06. The molecule has 0 atom stereocenters. The number of rotatable bonds is 4. The van der Waals surface area contributed by atoms with Gasteiger partial charge in [0.05, 0.1) is 18.6 Å². The largest absolute Gasteiger partial charge is 0.481 e. The predicted octanol–water partition coefficient (Wildman–Crippen LogP) is 1.04. The number of hydrogen-bond donors (Lipinski definition) is 1. The normalized spacial score (nSPS) is 9.07. The van der Waals surface area contributed by atoms with Gasteiger partial charge in [-0.25, -0.2) is 0 Å². The highest BCUT2D eigenvalue weighted by molar-refractivity contribution is 5.57. The minimum absolute atomic E-state index is 0.109. The molecule has 0 aliphatic carbocycles. The summed E-state index contributed by atoms with van der Waals surface area (Å²) >= 11 is 0. The Balaban J connectivity index is 3.06. The van der Waals surface area contributed by atoms with E-state index in [-0.39, 0.29) is 18.1 Å². The van der Waals surface area contributed by atoms with E-state index in [0.29, 0.717) is 5.88 Å². The SMILES string of the molecule is C#CCNc1nc(OC)ccc1[N+](=O)[O-]. The minimum atomic E-state index is -0.536. The van der Waals surface area contributed by atoms with Crippen molar-refractivity contribution in [3.8, 4) is 18.2 Å². The number of nitro groups is 1. The van der Waals surface area contributed by atoms with Crippen molar-refractivity contribution in [3.05, 3.63) is 22.2 Å². The van der Waals surface area contributed by atoms with Crippen LogP contribution >= 0.6 is 0 Å². The highest BCUT2D eigenvalue weighted by atomic mass is 16.6. The monoisotopic (exact) mass is 207 g/mol. The molecule has 0 aliphatic rings. The summed E-state index contributed by atoms with van der Waals surface area (Å²) in [6.07, 6.45) is 5.03. The van der Waals surface area contributed by atoms with Gasteiger partial charge in [-0.05, 0) is 0 Å². The maximum Gasteiger partial charge on any atom is 0.311 e. The van der Waals surface area contributed by atoms with Crippen molar-refractivity contribution in [2.24, 2.45) is 0 Å². The molecule has 0 saturated heterocycles. The van der Waals surface area contributed by atoms with Crippen LogP contribution in [0.1, 0.15) is 0 Å². The van der Waals surface area contributed by atoms with Crippen LogP contribution in [-0.4, -0.2) is 23.6 Å². The smallest absolute Gasteiger partial charge is 0.311 e. The third kappa shape index (κ3) is 2.57. The number of hydrogen-bond acceptors (Lipinski definition) is 5. The van der Waals surface area contributed by atoms with E-state index in [0.717, 1.165) is 0 Å². The van der Waals surface area contributed by atoms with Gasteiger partial charge < -0.3 is 10.1 Å². The molecule has 1 heterocycles. The van der Waals surface area contributed by atoms with Gasteiger partial charge in [0.25, 0.3) is 0 Å². The van der Waals surface area contributed by atoms with Crippen molar-refractivity contribution in [2.75, 3.05) is 19.0 Å². The Morgan fingerprint density at radius 1 is 1.73 bits per heavy atom. The van der Waals surface area contributed by atoms with Crippen LogP contribution in [0.5, 0.6) is 5.88 Å². The number of nitrogens with zero attached hydrogens (tertiary/aromatic N) is 2. The number of ether oxygens (including phenoxy) is 1. The standard InChI is InChI=1S/C9H9N3O3/c1-3-6-10-9-7(12(13)14)4-5-8(11-9)15-2/h1,4-5H,6H2,2H3,(H,10,11). The fraction of sp³-hybridized carbons (Fsp3) is 0.222. The molecule has 15 heavy (non-hydrogen) atoms. The molecule has 0 saturated carbocycles. The molecule has 0 fully saturated rings. The van der Waals surface area contributed by atoms with Gasteiger partial charge in [0.1, 0.15) is 0 Å². The van der Waals surface area contributed by atoms with Gasteiger partial charge in [0, 0.05) is 12.1 Å². The zero-order chi connectivity index (χ0) is 11.3. The third-order valence-corrected chi connectivity index (χ3v) is 1.61. The van der Waals surface area contributed by atoms with E-state index < -0.39 is 4.92 Å². The molecule has 0 spiro atoms. The summed E-state index contributed by atoms with van der Waals surface area (Å²) in [5.41, 5.74) is -0.133. The Morgan fingerprint density at radius 2 is 2.47 bits per heavy atom. The van der Waals surface area contributed by atoms with E-state index in [2.05, 4.69) is 16.2 Å². The zero-order valence-electron chi connectivity index (χ0n) is 8.06. The lowest BCUT2D eigenvalue weighted by Gasteiger charge is -2.04. The first-order valence-corrected chi connectivity index (χ1v) is 4.05. The van der Waals surface area contributed by atoms with Crippen LogP contribution in [0.2, 0.25) is 0 Å². The number of nitrogens with one attached hydrogen (secondary N) is 1. The van der Waals surface area contributed by atoms with Crippen LogP contribution in [0.15, 0.2) is 12.1 Å². The van der Waals surface area contributed by atoms with Gasteiger partial charge in [0.15, 0.2) is 0 Å². The summed E-state index contributed by atoms with van der Waals surface area (Å²) < 4.78 is 4.84. The van der Waals surface area contributed by atoms with E-state index in [1.165, 1.54) is 19.2 Å². The van der Waals surface area contributed by atoms with E-state index in [1.54, 1.807) is 0 Å². The summed E-state index contributed by atoms with van der Waals surface area (Å²) in [6, 6.07) is 2.73. The molecule has 1 aromatic heterocycles. The van der Waals surface area contributed by atoms with Crippen LogP contribution in [0.4, 0.5) is 11.5 Å². The molecule has 0 bridgehead atoms. The van der Waals surface area contributed by atoms with E-state index >= 15 is 0 Å². The molecule has 1 N–H and O–H groups in total. The van der Waals surface area contributed by atoms with E-state index in [1.807, 2.05) is 0 Å². The first kappa shape index (κ1) is 10.8. The first-order chi connectivity index (χ1) is 7.19. The van der Waals surface area contributed by atoms with Crippen molar-refractivity contribution in [2.45, 2.75) is 0 Å². The van der Waals surface area contributed by atoms with Gasteiger partial charge in [-0.2, -0.15) is 4.98 Å². The summed E-state index contributed by atoms with van der Waals surface area (Å²) in [5.74, 6) is 2.71. The predicted molar refractivity (Wildman–Crippen MR) is 54.8 cm³/mol. The van der Waals surface area contributed by atoms with Gasteiger partial charge in [-0.15, -0.1) is 6.42 Å². The Hall–Kier alpha value is -2.29. The fourth-order valence-corrected chi connectivity index (χ4v) is 0.960. The molecule has 1 rings (SSSR count). The minimum Gasteiger partial charge on any atom is -0.481 e. The Morgan fingerprint density at radius 3 is 3.00 bits per heavy atom. The Labute approximate surface area is 86.4 Å². The quantitative estimate of drug-likeness (QED) is 0.453. The average Bonchev–Trinajstić information content (AvgIpc) is 2.25. The Bertz CT molecular complexity index is 412. The number of aromatic nitrogens is 1. The van der Waals surface area contributed by atoms with Gasteiger partial charge in [-0.1, -0.05) is 5.92 Å². The molecule has 6 heteroatoms. The molecule has 0 radical (unpaired) electrons. The summed E-state index contributed by atoms with van der Waals surface area (Å²) in [5, 5.41) is 13.3. The maximum atomic E-state index is 10.6. The maximum absolute atomic E-state index is 10.6. The number of methoxy groups -OCH3 is 1. The lowest BCUT2D eigenvalue weighted by atomic mass is 10.4. The first-order valence-electron chi connectivity index (χ1n) is 4.05. The molecule has 78 valence electrons. The fourth-order valence-electron chi connectivity index (χ4n) is 0.960. The number of terminal acetylenes is 1. The third-order valence-electron chi connectivity index (χ3n) is 1.61. The summed E-state index contributed by atoms with van der Waals surface area (Å²) in [6.45, 7) is 0.168. The molecule has 6 nitrogen and oxygen atoms in total. The number of pyridine rings is 1. The highest BCUT2D eigenvalue weighted by Gasteiger charge is 2.15. The van der Waals surface area contributed by atoms with Crippen LogP contribution in [0.3, 0.4) is 0 Å². The van der Waals surface area contributed by atoms with Crippen molar-refractivity contribution in [1.29, 1.82) is 0 Å².